The van der Waals surface area contributed by atoms with Gasteiger partial charge in [0.2, 0.25) is 0 Å². The number of hydrogen-bond donors (Lipinski definition) is 1. The summed E-state index contributed by atoms with van der Waals surface area (Å²) in [6, 6.07) is 8.98. The molecule has 18 heteroatoms. The van der Waals surface area contributed by atoms with E-state index in [0.717, 1.165) is 19.3 Å². The van der Waals surface area contributed by atoms with Crippen LogP contribution in [0, 0.1) is 28.6 Å². The van der Waals surface area contributed by atoms with Gasteiger partial charge in [-0.05, 0) is 109 Å². The summed E-state index contributed by atoms with van der Waals surface area (Å²) < 4.78 is 88.1. The molecule has 0 radical (unpaired) electrons. The van der Waals surface area contributed by atoms with Crippen molar-refractivity contribution in [2.75, 3.05) is 28.4 Å². The van der Waals surface area contributed by atoms with Gasteiger partial charge in [0.15, 0.2) is 31.3 Å². The van der Waals surface area contributed by atoms with Gasteiger partial charge >= 0.3 is 11.9 Å². The molecule has 3 saturated carbocycles. The third-order valence-electron chi connectivity index (χ3n) is 19.3. The fourth-order valence-electron chi connectivity index (χ4n) is 15.2. The summed E-state index contributed by atoms with van der Waals surface area (Å²) in [6.07, 6.45) is 0.209. The van der Waals surface area contributed by atoms with E-state index in [9.17, 15) is 19.5 Å². The molecule has 76 heavy (non-hydrogen) atoms. The molecule has 4 saturated heterocycles. The van der Waals surface area contributed by atoms with Crippen molar-refractivity contribution in [3.05, 3.63) is 47.5 Å². The van der Waals surface area contributed by atoms with E-state index in [1.807, 2.05) is 52.8 Å². The Labute approximate surface area is 449 Å². The molecule has 0 spiro atoms. The van der Waals surface area contributed by atoms with Crippen molar-refractivity contribution in [3.63, 3.8) is 0 Å². The summed E-state index contributed by atoms with van der Waals surface area (Å²) in [5, 5.41) is 12.9. The molecule has 24 atom stereocenters. The van der Waals surface area contributed by atoms with Crippen LogP contribution in [0.1, 0.15) is 136 Å². The second kappa shape index (κ2) is 23.6. The molecule has 8 aliphatic rings. The Morgan fingerprint density at radius 3 is 1.54 bits per heavy atom. The van der Waals surface area contributed by atoms with E-state index in [-0.39, 0.29) is 47.4 Å². The maximum atomic E-state index is 13.7. The van der Waals surface area contributed by atoms with Crippen molar-refractivity contribution < 1.29 is 85.8 Å². The van der Waals surface area contributed by atoms with Crippen LogP contribution in [0.2, 0.25) is 0 Å². The van der Waals surface area contributed by atoms with Crippen LogP contribution in [0.4, 0.5) is 0 Å². The van der Waals surface area contributed by atoms with E-state index in [1.54, 1.807) is 47.5 Å². The van der Waals surface area contributed by atoms with Crippen molar-refractivity contribution in [3.8, 4) is 0 Å². The Morgan fingerprint density at radius 1 is 0.592 bits per heavy atom. The van der Waals surface area contributed by atoms with Crippen molar-refractivity contribution >= 4 is 17.7 Å². The van der Waals surface area contributed by atoms with Crippen LogP contribution in [-0.4, -0.2) is 167 Å². The summed E-state index contributed by atoms with van der Waals surface area (Å²) >= 11 is 0. The van der Waals surface area contributed by atoms with Gasteiger partial charge in [-0.15, -0.1) is 0 Å². The molecule has 4 aliphatic carbocycles. The van der Waals surface area contributed by atoms with Gasteiger partial charge in [-0.2, -0.15) is 0 Å². The zero-order valence-corrected chi connectivity index (χ0v) is 46.8. The Kier molecular flexibility index (Phi) is 18.0. The minimum atomic E-state index is -1.17. The number of rotatable bonds is 16. The van der Waals surface area contributed by atoms with E-state index in [1.165, 1.54) is 12.5 Å². The van der Waals surface area contributed by atoms with Gasteiger partial charge in [-0.3, -0.25) is 9.59 Å². The van der Waals surface area contributed by atoms with E-state index < -0.39 is 115 Å². The molecular formula is C58H86O18. The molecule has 0 amide bonds. The highest BCUT2D eigenvalue weighted by atomic mass is 16.8. The summed E-state index contributed by atoms with van der Waals surface area (Å²) in [5.41, 5.74) is -0.579. The number of ether oxygens (including phenoxy) is 14. The molecule has 0 aromatic heterocycles. The first-order chi connectivity index (χ1) is 36.2. The first kappa shape index (κ1) is 57.7. The molecule has 1 aromatic carbocycles. The van der Waals surface area contributed by atoms with Gasteiger partial charge in [0, 0.05) is 72.4 Å². The third-order valence-corrected chi connectivity index (χ3v) is 19.3. The average Bonchev–Trinajstić information content (AvgIpc) is 3.86. The van der Waals surface area contributed by atoms with Gasteiger partial charge in [-0.1, -0.05) is 43.7 Å². The van der Waals surface area contributed by atoms with E-state index in [4.69, 9.17) is 66.3 Å². The number of ketones is 1. The number of fused-ring (bicyclic) bond motifs is 5. The van der Waals surface area contributed by atoms with E-state index >= 15 is 0 Å². The maximum absolute atomic E-state index is 13.7. The van der Waals surface area contributed by atoms with Gasteiger partial charge < -0.3 is 71.4 Å². The molecule has 1 aromatic rings. The van der Waals surface area contributed by atoms with Crippen LogP contribution in [-0.2, 0) is 75.9 Å². The van der Waals surface area contributed by atoms with Crippen molar-refractivity contribution in [1.29, 1.82) is 0 Å². The molecule has 0 bridgehead atoms. The topological polar surface area (TPSA) is 201 Å². The Balaban J connectivity index is 0.785. The molecule has 9 rings (SSSR count). The first-order valence-electron chi connectivity index (χ1n) is 27.9. The molecule has 2 unspecified atom stereocenters. The lowest BCUT2D eigenvalue weighted by Gasteiger charge is -2.63. The zero-order chi connectivity index (χ0) is 54.4. The largest absolute Gasteiger partial charge is 0.458 e. The highest BCUT2D eigenvalue weighted by Gasteiger charge is 2.71. The van der Waals surface area contributed by atoms with Gasteiger partial charge in [0.05, 0.1) is 60.0 Å². The highest BCUT2D eigenvalue weighted by molar-refractivity contribution is 5.89. The van der Waals surface area contributed by atoms with Gasteiger partial charge in [0.1, 0.15) is 36.3 Å². The number of allylic oxidation sites excluding steroid dienone is 1. The van der Waals surface area contributed by atoms with Crippen LogP contribution in [0.5, 0.6) is 0 Å². The average molecular weight is 1070 g/mol. The predicted molar refractivity (Wildman–Crippen MR) is 272 cm³/mol. The molecular weight excluding hydrogens is 985 g/mol. The van der Waals surface area contributed by atoms with Crippen LogP contribution < -0.4 is 0 Å². The van der Waals surface area contributed by atoms with E-state index in [2.05, 4.69) is 13.0 Å². The lowest BCUT2D eigenvalue weighted by Crippen LogP contribution is -2.66. The second-order valence-corrected chi connectivity index (χ2v) is 23.5. The van der Waals surface area contributed by atoms with Gasteiger partial charge in [-0.25, -0.2) is 4.79 Å². The number of Topliss-reactive ketones (excluding diaryl/α,β-unsaturated/α-hetero) is 1. The van der Waals surface area contributed by atoms with Crippen LogP contribution >= 0.6 is 0 Å². The molecule has 4 aliphatic heterocycles. The number of benzene rings is 1. The highest BCUT2D eigenvalue weighted by Crippen LogP contribution is 2.69. The van der Waals surface area contributed by atoms with E-state index in [0.29, 0.717) is 56.9 Å². The summed E-state index contributed by atoms with van der Waals surface area (Å²) in [5.74, 6) is -1.23. The number of carbonyl (C=O) groups is 3. The summed E-state index contributed by atoms with van der Waals surface area (Å²) in [4.78, 5) is 38.7. The maximum Gasteiger partial charge on any atom is 0.338 e. The third kappa shape index (κ3) is 11.1. The predicted octanol–water partition coefficient (Wildman–Crippen LogP) is 7.18. The quantitative estimate of drug-likeness (QED) is 0.129. The van der Waals surface area contributed by atoms with Gasteiger partial charge in [0.25, 0.3) is 0 Å². The van der Waals surface area contributed by atoms with Crippen molar-refractivity contribution in [1.82, 2.24) is 0 Å². The minimum Gasteiger partial charge on any atom is -0.458 e. The molecule has 1 N–H and O–H groups in total. The second-order valence-electron chi connectivity index (χ2n) is 23.5. The minimum absolute atomic E-state index is 0.0322. The number of esters is 2. The Bertz CT molecular complexity index is 2200. The lowest BCUT2D eigenvalue weighted by molar-refractivity contribution is -0.347. The molecule has 18 nitrogen and oxygen atoms in total. The number of carbonyl (C=O) groups excluding carboxylic acids is 3. The van der Waals surface area contributed by atoms with Crippen molar-refractivity contribution in [2.45, 2.75) is 242 Å². The Morgan fingerprint density at radius 2 is 1.07 bits per heavy atom. The number of hydrogen-bond acceptors (Lipinski definition) is 18. The zero-order valence-electron chi connectivity index (χ0n) is 46.8. The van der Waals surface area contributed by atoms with Crippen LogP contribution in [0.25, 0.3) is 0 Å². The number of methoxy groups -OCH3 is 4. The summed E-state index contributed by atoms with van der Waals surface area (Å²) in [7, 11) is 6.56. The van der Waals surface area contributed by atoms with Crippen LogP contribution in [0.3, 0.4) is 0 Å². The molecule has 7 fully saturated rings. The monoisotopic (exact) mass is 1070 g/mol. The SMILES string of the molecule is CO[C@H]1C[C@H](O[C@H]2CC[C@@]3(C)C(=CCC4C3C[C@@H](OC(=O)c3ccccc3)[C@]3(C)[C@@H](C(C)=O)CC[C@]43O)C2)O[C@H](C)[C@H]1O[C@H]1C[C@H](OC)[C@H](O[C@H]2C[C@H](OC)[C@H](O[C@H]3C[C@@H](OC)[C@H](OC(C)=O)[C@@H](C)O3)[C@@H](C)O2)[C@@H](C)O1. The smallest absolute Gasteiger partial charge is 0.338 e. The Hall–Kier alpha value is -2.95. The molecule has 4 heterocycles. The molecule has 426 valence electrons. The van der Waals surface area contributed by atoms with Crippen LogP contribution in [0.15, 0.2) is 42.0 Å². The lowest BCUT2D eigenvalue weighted by atomic mass is 9.45. The van der Waals surface area contributed by atoms with Crippen molar-refractivity contribution in [2.24, 2.45) is 28.6 Å². The fraction of sp³-hybridized carbons (Fsp3) is 0.810. The fourth-order valence-corrected chi connectivity index (χ4v) is 15.2. The number of aliphatic hydroxyl groups is 1. The normalized spacial score (nSPS) is 46.4. The summed E-state index contributed by atoms with van der Waals surface area (Å²) in [6.45, 7) is 14.9. The first-order valence-corrected chi connectivity index (χ1v) is 27.9. The standard InChI is InChI=1S/C58H86O18/c1-30(59)39-21-23-58(62)40-19-18-37-24-38(20-22-56(37,7)41(40)25-46(57(39,58)8)73-55(61)36-16-14-13-15-17-36)72-47-26-43(64-10)52(32(3)67-47)75-49-28-45(66-12)54(34(5)69-49)76-50-29-44(65-11)53(33(4)70-50)74-48-27-42(63-9)51(31(2)68-48)71-35(6)60/h13-18,31-34,38-54,62H,19-29H2,1-12H3/t31-,32-,33-,34-,38+,39-,40?,41?,42-,43+,44+,45+,46-,47+,48+,49+,50+,51-,52-,53-,54-,56+,57+,58+/m1/s1.